The summed E-state index contributed by atoms with van der Waals surface area (Å²) in [7, 11) is -4.87. The van der Waals surface area contributed by atoms with E-state index in [-0.39, 0.29) is 49.0 Å². The molecule has 0 heterocycles. The van der Waals surface area contributed by atoms with Gasteiger partial charge in [0.2, 0.25) is 0 Å². The van der Waals surface area contributed by atoms with E-state index in [9.17, 15) is 24.2 Å². The van der Waals surface area contributed by atoms with E-state index < -0.39 is 51.8 Å². The van der Waals surface area contributed by atoms with Gasteiger partial charge in [-0.1, -0.05) is 192 Å². The zero-order chi connectivity index (χ0) is 44.8. The second kappa shape index (κ2) is 49.9. The van der Waals surface area contributed by atoms with Crippen LogP contribution < -0.4 is 34.5 Å². The molecule has 0 amide bonds. The Bertz CT molecular complexity index is 1070. The van der Waals surface area contributed by atoms with Gasteiger partial charge in [-0.3, -0.25) is 14.2 Å². The topological polar surface area (TPSA) is 152 Å². The van der Waals surface area contributed by atoms with Gasteiger partial charge in [0.15, 0.2) is 6.10 Å². The van der Waals surface area contributed by atoms with E-state index in [0.717, 1.165) is 38.5 Å². The molecular formula is C50H94NaO10P. The number of hydrogen-bond donors (Lipinski definition) is 2. The minimum atomic E-state index is -4.87. The van der Waals surface area contributed by atoms with Crippen molar-refractivity contribution >= 4 is 19.8 Å². The number of aliphatic hydroxyl groups is 2. The maximum absolute atomic E-state index is 12.7. The maximum Gasteiger partial charge on any atom is 1.00 e. The number of ether oxygens (including phenoxy) is 2. The molecule has 0 aliphatic rings. The zero-order valence-corrected chi connectivity index (χ0v) is 43.3. The zero-order valence-electron chi connectivity index (χ0n) is 40.4. The van der Waals surface area contributed by atoms with Crippen molar-refractivity contribution in [2.75, 3.05) is 26.4 Å². The number of phosphoric acid groups is 1. The Hall–Kier alpha value is -0.550. The number of carbonyl (C=O) groups is 2. The molecule has 0 saturated carbocycles. The third kappa shape index (κ3) is 48.9. The summed E-state index contributed by atoms with van der Waals surface area (Å²) in [4.78, 5) is 37.3. The molecule has 0 bridgehead atoms. The molecule has 0 radical (unpaired) electrons. The quantitative estimate of drug-likeness (QED) is 0.0198. The van der Waals surface area contributed by atoms with Crippen molar-refractivity contribution in [3.63, 3.8) is 0 Å². The molecule has 12 heteroatoms. The predicted octanol–water partition coefficient (Wildman–Crippen LogP) is 10.5. The van der Waals surface area contributed by atoms with Crippen LogP contribution in [0.2, 0.25) is 0 Å². The summed E-state index contributed by atoms with van der Waals surface area (Å²) in [5.74, 6) is -0.955. The number of aliphatic hydroxyl groups excluding tert-OH is 2. The van der Waals surface area contributed by atoms with Gasteiger partial charge < -0.3 is 33.6 Å². The first-order valence-electron chi connectivity index (χ1n) is 25.3. The van der Waals surface area contributed by atoms with Crippen LogP contribution in [0.25, 0.3) is 0 Å². The molecule has 0 aliphatic heterocycles. The van der Waals surface area contributed by atoms with Crippen molar-refractivity contribution in [3.8, 4) is 0 Å². The van der Waals surface area contributed by atoms with Crippen LogP contribution in [0.5, 0.6) is 0 Å². The van der Waals surface area contributed by atoms with E-state index in [1.165, 1.54) is 167 Å². The fourth-order valence-electron chi connectivity index (χ4n) is 7.16. The van der Waals surface area contributed by atoms with Gasteiger partial charge in [0, 0.05) is 12.8 Å². The van der Waals surface area contributed by atoms with Gasteiger partial charge in [-0.25, -0.2) is 0 Å². The van der Waals surface area contributed by atoms with Crippen LogP contribution in [0.4, 0.5) is 0 Å². The molecule has 0 aromatic rings. The Kier molecular flexibility index (Phi) is 51.1. The number of unbranched alkanes of at least 4 members (excludes halogenated alkanes) is 30. The van der Waals surface area contributed by atoms with Gasteiger partial charge in [-0.05, 0) is 64.2 Å². The molecule has 0 aliphatic carbocycles. The van der Waals surface area contributed by atoms with Gasteiger partial charge in [0.05, 0.1) is 19.8 Å². The first-order chi connectivity index (χ1) is 29.7. The van der Waals surface area contributed by atoms with Gasteiger partial charge in [0.25, 0.3) is 7.82 Å². The summed E-state index contributed by atoms with van der Waals surface area (Å²) in [6.07, 6.45) is 48.3. The minimum absolute atomic E-state index is 0. The SMILES string of the molecule is CCCCCCCC/C=C/CCCCCCCCCCCC(=O)OC[C@H](COP(=O)([O-])OCC(O)CO)OC(=O)CCCCCCCCCCC/C=C/CCCCCCCC.[Na+]. The van der Waals surface area contributed by atoms with E-state index in [1.807, 2.05) is 0 Å². The van der Waals surface area contributed by atoms with Crippen molar-refractivity contribution < 1.29 is 77.3 Å². The average molecular weight is 909 g/mol. The Balaban J connectivity index is 0. The molecular weight excluding hydrogens is 815 g/mol. The third-order valence-electron chi connectivity index (χ3n) is 11.1. The second-order valence-corrected chi connectivity index (χ2v) is 18.6. The molecule has 0 aromatic heterocycles. The number of allylic oxidation sites excluding steroid dienone is 4. The standard InChI is InChI=1S/C50H95O10P.Na/c1-3-5-7-9-11-13-15-17-19-21-23-25-27-29-31-33-35-37-39-41-49(53)57-45-48(46-59-61(55,56)58-44-47(52)43-51)60-50(54)42-40-38-36-34-32-30-28-26-24-22-20-18-16-14-12-10-8-6-4-2;/h17-20,47-48,51-52H,3-16,21-46H2,1-2H3,(H,55,56);/q;+1/p-1/b19-17+,20-18+;/t47?,48-;/m1./s1. The van der Waals surface area contributed by atoms with Gasteiger partial charge in [-0.15, -0.1) is 0 Å². The Morgan fingerprint density at radius 1 is 0.500 bits per heavy atom. The van der Waals surface area contributed by atoms with Crippen LogP contribution in [0.3, 0.4) is 0 Å². The Morgan fingerprint density at radius 2 is 0.823 bits per heavy atom. The first-order valence-corrected chi connectivity index (χ1v) is 26.7. The molecule has 360 valence electrons. The largest absolute Gasteiger partial charge is 1.00 e. The van der Waals surface area contributed by atoms with Gasteiger partial charge in [0.1, 0.15) is 12.7 Å². The van der Waals surface area contributed by atoms with Crippen molar-refractivity contribution in [3.05, 3.63) is 24.3 Å². The molecule has 0 saturated heterocycles. The molecule has 2 N–H and O–H groups in total. The number of carbonyl (C=O) groups excluding carboxylic acids is 2. The van der Waals surface area contributed by atoms with Crippen molar-refractivity contribution in [1.82, 2.24) is 0 Å². The van der Waals surface area contributed by atoms with Crippen molar-refractivity contribution in [2.45, 2.75) is 257 Å². The molecule has 0 aromatic carbocycles. The van der Waals surface area contributed by atoms with Gasteiger partial charge in [-0.2, -0.15) is 0 Å². The fourth-order valence-corrected chi connectivity index (χ4v) is 7.93. The van der Waals surface area contributed by atoms with E-state index in [1.54, 1.807) is 0 Å². The Morgan fingerprint density at radius 3 is 1.19 bits per heavy atom. The van der Waals surface area contributed by atoms with Crippen molar-refractivity contribution in [1.29, 1.82) is 0 Å². The van der Waals surface area contributed by atoms with Crippen LogP contribution in [0, 0.1) is 0 Å². The summed E-state index contributed by atoms with van der Waals surface area (Å²) in [5.41, 5.74) is 0. The summed E-state index contributed by atoms with van der Waals surface area (Å²) in [6, 6.07) is 0. The molecule has 3 atom stereocenters. The van der Waals surface area contributed by atoms with Crippen LogP contribution in [0.15, 0.2) is 24.3 Å². The summed E-state index contributed by atoms with van der Waals surface area (Å²) in [6.45, 7) is 2.23. The number of esters is 2. The van der Waals surface area contributed by atoms with Crippen LogP contribution in [-0.4, -0.2) is 60.8 Å². The number of phosphoric ester groups is 1. The minimum Gasteiger partial charge on any atom is -0.756 e. The second-order valence-electron chi connectivity index (χ2n) is 17.2. The van der Waals surface area contributed by atoms with Crippen LogP contribution in [-0.2, 0) is 32.7 Å². The predicted molar refractivity (Wildman–Crippen MR) is 249 cm³/mol. The van der Waals surface area contributed by atoms with Crippen LogP contribution >= 0.6 is 7.82 Å². The summed E-state index contributed by atoms with van der Waals surface area (Å²) >= 11 is 0. The van der Waals surface area contributed by atoms with Gasteiger partial charge >= 0.3 is 41.5 Å². The molecule has 10 nitrogen and oxygen atoms in total. The average Bonchev–Trinajstić information content (AvgIpc) is 3.25. The van der Waals surface area contributed by atoms with Crippen molar-refractivity contribution in [2.24, 2.45) is 0 Å². The number of hydrogen-bond acceptors (Lipinski definition) is 10. The first kappa shape index (κ1) is 63.5. The summed E-state index contributed by atoms with van der Waals surface area (Å²) in [5, 5.41) is 18.3. The molecule has 0 spiro atoms. The molecule has 0 fully saturated rings. The smallest absolute Gasteiger partial charge is 0.756 e. The van der Waals surface area contributed by atoms with E-state index in [0.29, 0.717) is 12.8 Å². The summed E-state index contributed by atoms with van der Waals surface area (Å²) < 4.78 is 32.5. The molecule has 2 unspecified atom stereocenters. The third-order valence-corrected chi connectivity index (χ3v) is 12.0. The van der Waals surface area contributed by atoms with E-state index in [2.05, 4.69) is 42.7 Å². The normalized spacial score (nSPS) is 13.6. The van der Waals surface area contributed by atoms with E-state index >= 15 is 0 Å². The Labute approximate surface area is 402 Å². The molecule has 62 heavy (non-hydrogen) atoms. The monoisotopic (exact) mass is 909 g/mol. The van der Waals surface area contributed by atoms with Crippen LogP contribution in [0.1, 0.15) is 245 Å². The van der Waals surface area contributed by atoms with E-state index in [4.69, 9.17) is 19.1 Å². The fraction of sp³-hybridized carbons (Fsp3) is 0.880. The molecule has 0 rings (SSSR count). The maximum atomic E-state index is 12.7. The number of rotatable bonds is 48.